The van der Waals surface area contributed by atoms with E-state index in [0.29, 0.717) is 11.1 Å². The summed E-state index contributed by atoms with van der Waals surface area (Å²) < 4.78 is 17.3. The minimum Gasteiger partial charge on any atom is -0.466 e. The minimum atomic E-state index is -0.604. The van der Waals surface area contributed by atoms with Crippen molar-refractivity contribution >= 4 is 11.8 Å². The number of benzene rings is 1. The molecule has 3 nitrogen and oxygen atoms in total. The van der Waals surface area contributed by atoms with Gasteiger partial charge in [-0.3, -0.25) is 4.79 Å². The third kappa shape index (κ3) is 3.02. The first-order chi connectivity index (χ1) is 7.54. The summed E-state index contributed by atoms with van der Waals surface area (Å²) in [6.07, 6.45) is 2.12. The highest BCUT2D eigenvalue weighted by atomic mass is 19.1. The zero-order valence-electron chi connectivity index (χ0n) is 8.99. The van der Waals surface area contributed by atoms with Crippen molar-refractivity contribution in [2.24, 2.45) is 0 Å². The van der Waals surface area contributed by atoms with Crippen LogP contribution in [-0.2, 0) is 9.53 Å². The first-order valence-electron chi connectivity index (χ1n) is 4.61. The second kappa shape index (κ2) is 5.21. The smallest absolute Gasteiger partial charge is 0.330 e. The Bertz CT molecular complexity index is 450. The van der Waals surface area contributed by atoms with Gasteiger partial charge in [0.1, 0.15) is 5.82 Å². The average molecular weight is 222 g/mol. The van der Waals surface area contributed by atoms with Gasteiger partial charge in [0.2, 0.25) is 0 Å². The molecule has 16 heavy (non-hydrogen) atoms. The van der Waals surface area contributed by atoms with Crippen molar-refractivity contribution in [2.75, 3.05) is 7.11 Å². The Morgan fingerprint density at radius 2 is 2.00 bits per heavy atom. The van der Waals surface area contributed by atoms with E-state index in [1.807, 2.05) is 0 Å². The van der Waals surface area contributed by atoms with E-state index in [4.69, 9.17) is 0 Å². The molecule has 0 heterocycles. The van der Waals surface area contributed by atoms with Crippen LogP contribution < -0.4 is 0 Å². The summed E-state index contributed by atoms with van der Waals surface area (Å²) >= 11 is 0. The molecule has 0 bridgehead atoms. The predicted octanol–water partition coefficient (Wildman–Crippen LogP) is 2.05. The molecule has 0 aromatic heterocycles. The van der Waals surface area contributed by atoms with Gasteiger partial charge in [-0.2, -0.15) is 0 Å². The molecule has 1 aromatic rings. The molecule has 0 amide bonds. The number of methoxy groups -OCH3 is 1. The number of aryl methyl sites for hydroxylation is 1. The predicted molar refractivity (Wildman–Crippen MR) is 56.6 cm³/mol. The lowest BCUT2D eigenvalue weighted by Gasteiger charge is -1.99. The summed E-state index contributed by atoms with van der Waals surface area (Å²) in [4.78, 5) is 22.3. The third-order valence-electron chi connectivity index (χ3n) is 2.01. The van der Waals surface area contributed by atoms with E-state index in [9.17, 15) is 14.0 Å². The highest BCUT2D eigenvalue weighted by Gasteiger charge is 2.05. The van der Waals surface area contributed by atoms with Crippen LogP contribution >= 0.6 is 0 Å². The van der Waals surface area contributed by atoms with Gasteiger partial charge in [-0.1, -0.05) is 0 Å². The normalized spacial score (nSPS) is 10.4. The standard InChI is InChI=1S/C12H11FO3/c1-8-7-9(3-4-10(8)13)11(14)5-6-12(15)16-2/h3-7H,1-2H3/b6-5+. The van der Waals surface area contributed by atoms with Gasteiger partial charge in [0.05, 0.1) is 7.11 Å². The molecule has 0 radical (unpaired) electrons. The van der Waals surface area contributed by atoms with Crippen LogP contribution in [0.2, 0.25) is 0 Å². The molecule has 0 saturated heterocycles. The molecule has 4 heteroatoms. The fourth-order valence-electron chi connectivity index (χ4n) is 1.11. The van der Waals surface area contributed by atoms with Gasteiger partial charge in [0.25, 0.3) is 0 Å². The second-order valence-corrected chi connectivity index (χ2v) is 3.18. The van der Waals surface area contributed by atoms with Gasteiger partial charge >= 0.3 is 5.97 Å². The maximum Gasteiger partial charge on any atom is 0.330 e. The zero-order valence-corrected chi connectivity index (χ0v) is 8.99. The topological polar surface area (TPSA) is 43.4 Å². The van der Waals surface area contributed by atoms with Gasteiger partial charge in [-0.15, -0.1) is 0 Å². The highest BCUT2D eigenvalue weighted by molar-refractivity contribution is 6.07. The van der Waals surface area contributed by atoms with Crippen LogP contribution in [0.1, 0.15) is 15.9 Å². The lowest BCUT2D eigenvalue weighted by atomic mass is 10.1. The summed E-state index contributed by atoms with van der Waals surface area (Å²) in [5.41, 5.74) is 0.719. The molecular formula is C12H11FO3. The average Bonchev–Trinajstić information content (AvgIpc) is 2.29. The van der Waals surface area contributed by atoms with Crippen LogP contribution in [0.25, 0.3) is 0 Å². The first-order valence-corrected chi connectivity index (χ1v) is 4.61. The molecule has 0 spiro atoms. The van der Waals surface area contributed by atoms with Crippen LogP contribution in [0.4, 0.5) is 4.39 Å². The monoisotopic (exact) mass is 222 g/mol. The van der Waals surface area contributed by atoms with Gasteiger partial charge in [-0.05, 0) is 36.8 Å². The number of carbonyl (C=O) groups excluding carboxylic acids is 2. The van der Waals surface area contributed by atoms with E-state index in [1.54, 1.807) is 6.92 Å². The van der Waals surface area contributed by atoms with Crippen LogP contribution in [-0.4, -0.2) is 18.9 Å². The van der Waals surface area contributed by atoms with Crippen LogP contribution in [0, 0.1) is 12.7 Å². The Hall–Kier alpha value is -1.97. The van der Waals surface area contributed by atoms with Crippen molar-refractivity contribution < 1.29 is 18.7 Å². The van der Waals surface area contributed by atoms with Crippen LogP contribution in [0.15, 0.2) is 30.4 Å². The minimum absolute atomic E-state index is 0.332. The zero-order chi connectivity index (χ0) is 12.1. The molecule has 0 atom stereocenters. The van der Waals surface area contributed by atoms with Crippen LogP contribution in [0.5, 0.6) is 0 Å². The van der Waals surface area contributed by atoms with Crippen LogP contribution in [0.3, 0.4) is 0 Å². The molecule has 0 N–H and O–H groups in total. The number of ketones is 1. The fourth-order valence-corrected chi connectivity index (χ4v) is 1.11. The maximum atomic E-state index is 12.9. The van der Waals surface area contributed by atoms with E-state index < -0.39 is 5.97 Å². The first kappa shape index (κ1) is 12.1. The molecule has 1 rings (SSSR count). The summed E-state index contributed by atoms with van der Waals surface area (Å²) in [6, 6.07) is 4.01. The maximum absolute atomic E-state index is 12.9. The van der Waals surface area contributed by atoms with Gasteiger partial charge < -0.3 is 4.74 Å². The molecule has 0 aliphatic carbocycles. The van der Waals surface area contributed by atoms with Crippen molar-refractivity contribution in [1.82, 2.24) is 0 Å². The Morgan fingerprint density at radius 1 is 1.31 bits per heavy atom. The molecule has 84 valence electrons. The van der Waals surface area contributed by atoms with Crippen molar-refractivity contribution in [3.63, 3.8) is 0 Å². The third-order valence-corrected chi connectivity index (χ3v) is 2.01. The summed E-state index contributed by atoms with van der Waals surface area (Å²) in [6.45, 7) is 1.57. The van der Waals surface area contributed by atoms with Crippen molar-refractivity contribution in [3.8, 4) is 0 Å². The molecule has 0 unspecified atom stereocenters. The van der Waals surface area contributed by atoms with E-state index in [2.05, 4.69) is 4.74 Å². The van der Waals surface area contributed by atoms with Crippen molar-refractivity contribution in [1.29, 1.82) is 0 Å². The summed E-state index contributed by atoms with van der Waals surface area (Å²) in [5, 5.41) is 0. The summed E-state index contributed by atoms with van der Waals surface area (Å²) in [5.74, 6) is -1.34. The largest absolute Gasteiger partial charge is 0.466 e. The second-order valence-electron chi connectivity index (χ2n) is 3.18. The Balaban J connectivity index is 2.85. The number of halogens is 1. The molecule has 0 saturated carbocycles. The number of rotatable bonds is 3. The van der Waals surface area contributed by atoms with Crippen molar-refractivity contribution in [3.05, 3.63) is 47.3 Å². The number of esters is 1. The van der Waals surface area contributed by atoms with E-state index in [0.717, 1.165) is 12.2 Å². The Morgan fingerprint density at radius 3 is 2.56 bits per heavy atom. The SMILES string of the molecule is COC(=O)/C=C/C(=O)c1ccc(F)c(C)c1. The molecule has 0 aliphatic heterocycles. The van der Waals surface area contributed by atoms with Gasteiger partial charge in [-0.25, -0.2) is 9.18 Å². The summed E-state index contributed by atoms with van der Waals surface area (Å²) in [7, 11) is 1.22. The molecule has 0 aliphatic rings. The highest BCUT2D eigenvalue weighted by Crippen LogP contribution is 2.10. The quantitative estimate of drug-likeness (QED) is 0.446. The molecular weight excluding hydrogens is 211 g/mol. The lowest BCUT2D eigenvalue weighted by molar-refractivity contribution is -0.134. The number of carbonyl (C=O) groups is 2. The number of hydrogen-bond donors (Lipinski definition) is 0. The Kier molecular flexibility index (Phi) is 3.94. The van der Waals surface area contributed by atoms with E-state index >= 15 is 0 Å². The molecule has 1 aromatic carbocycles. The number of allylic oxidation sites excluding steroid dienone is 1. The number of hydrogen-bond acceptors (Lipinski definition) is 3. The van der Waals surface area contributed by atoms with E-state index in [1.165, 1.54) is 25.3 Å². The fraction of sp³-hybridized carbons (Fsp3) is 0.167. The van der Waals surface area contributed by atoms with Crippen molar-refractivity contribution in [2.45, 2.75) is 6.92 Å². The molecule has 0 fully saturated rings. The lowest BCUT2D eigenvalue weighted by Crippen LogP contribution is -1.99. The van der Waals surface area contributed by atoms with Gasteiger partial charge in [0, 0.05) is 11.6 Å². The Labute approximate surface area is 92.5 Å². The number of ether oxygens (including phenoxy) is 1. The van der Waals surface area contributed by atoms with E-state index in [-0.39, 0.29) is 11.6 Å². The van der Waals surface area contributed by atoms with Gasteiger partial charge in [0.15, 0.2) is 5.78 Å².